The van der Waals surface area contributed by atoms with Crippen LogP contribution in [0.5, 0.6) is 5.75 Å². The van der Waals surface area contributed by atoms with Crippen molar-refractivity contribution in [3.05, 3.63) is 45.9 Å². The number of carbonyl (C=O) groups is 2. The first-order valence-electron chi connectivity index (χ1n) is 7.36. The fraction of sp³-hybridized carbons (Fsp3) is 0.267. The van der Waals surface area contributed by atoms with Gasteiger partial charge in [-0.05, 0) is 34.5 Å². The highest BCUT2D eigenvalue weighted by atomic mass is 16.6. The van der Waals surface area contributed by atoms with Gasteiger partial charge in [-0.2, -0.15) is 0 Å². The van der Waals surface area contributed by atoms with Crippen molar-refractivity contribution >= 4 is 23.5 Å². The van der Waals surface area contributed by atoms with Crippen LogP contribution in [0.1, 0.15) is 29.7 Å². The minimum atomic E-state index is -1.24. The fourth-order valence-electron chi connectivity index (χ4n) is 2.44. The second-order valence-corrected chi connectivity index (χ2v) is 5.26. The van der Waals surface area contributed by atoms with Crippen LogP contribution in [0.3, 0.4) is 0 Å². The van der Waals surface area contributed by atoms with E-state index >= 15 is 0 Å². The monoisotopic (exact) mass is 347 g/mol. The molecule has 1 atom stereocenters. The molecule has 10 nitrogen and oxygen atoms in total. The molecule has 130 valence electrons. The van der Waals surface area contributed by atoms with Crippen molar-refractivity contribution in [2.45, 2.75) is 26.0 Å². The van der Waals surface area contributed by atoms with E-state index in [1.807, 2.05) is 0 Å². The Balaban J connectivity index is 2.00. The van der Waals surface area contributed by atoms with E-state index < -0.39 is 28.7 Å². The predicted octanol–water partition coefficient (Wildman–Crippen LogP) is 1.99. The topological polar surface area (TPSA) is 136 Å². The number of aromatic carboxylic acids is 1. The summed E-state index contributed by atoms with van der Waals surface area (Å²) in [4.78, 5) is 38.8. The molecule has 1 aliphatic rings. The number of nitro groups is 1. The number of carboxylic acid groups (broad SMARTS) is 1. The third-order valence-corrected chi connectivity index (χ3v) is 3.64. The molecule has 1 amide bonds. The van der Waals surface area contributed by atoms with Crippen molar-refractivity contribution < 1.29 is 28.8 Å². The maximum atomic E-state index is 12.6. The van der Waals surface area contributed by atoms with Crippen LogP contribution in [0.2, 0.25) is 0 Å². The number of hydrogen-bond donors (Lipinski definition) is 1. The van der Waals surface area contributed by atoms with Crippen molar-refractivity contribution in [1.29, 1.82) is 0 Å². The zero-order valence-corrected chi connectivity index (χ0v) is 13.0. The number of furan rings is 1. The highest BCUT2D eigenvalue weighted by molar-refractivity contribution is 5.99. The molecule has 10 heteroatoms. The van der Waals surface area contributed by atoms with Crippen LogP contribution >= 0.6 is 0 Å². The lowest BCUT2D eigenvalue weighted by molar-refractivity contribution is -0.389. The zero-order valence-electron chi connectivity index (χ0n) is 13.0. The van der Waals surface area contributed by atoms with Gasteiger partial charge >= 0.3 is 11.8 Å². The molecule has 0 spiro atoms. The summed E-state index contributed by atoms with van der Waals surface area (Å²) in [6.45, 7) is 1.65. The highest BCUT2D eigenvalue weighted by Crippen LogP contribution is 2.35. The standard InChI is InChI=1S/C15H13N3O7/c1-2-9-14(19)17(7-8-3-4-11(24-8)15(20)21)13-10(25-9)5-6-12(16-13)18(22)23/h3-6,9H,2,7H2,1H3,(H,20,21). The number of anilines is 1. The Kier molecular flexibility index (Phi) is 4.09. The number of pyridine rings is 1. The molecule has 0 aromatic carbocycles. The second-order valence-electron chi connectivity index (χ2n) is 5.26. The van der Waals surface area contributed by atoms with Crippen molar-refractivity contribution in [2.75, 3.05) is 4.90 Å². The molecule has 3 rings (SSSR count). The van der Waals surface area contributed by atoms with Crippen LogP contribution in [0, 0.1) is 10.1 Å². The number of rotatable bonds is 5. The minimum Gasteiger partial charge on any atom is -0.475 e. The van der Waals surface area contributed by atoms with Crippen LogP contribution < -0.4 is 9.64 Å². The number of amides is 1. The summed E-state index contributed by atoms with van der Waals surface area (Å²) in [5, 5.41) is 19.9. The first-order chi connectivity index (χ1) is 11.9. The summed E-state index contributed by atoms with van der Waals surface area (Å²) in [6.07, 6.45) is -0.366. The maximum absolute atomic E-state index is 12.6. The number of aromatic nitrogens is 1. The smallest absolute Gasteiger partial charge is 0.371 e. The normalized spacial score (nSPS) is 16.3. The number of carbonyl (C=O) groups excluding carboxylic acids is 1. The number of nitrogens with zero attached hydrogens (tertiary/aromatic N) is 3. The quantitative estimate of drug-likeness (QED) is 0.640. The number of carboxylic acids is 1. The average molecular weight is 347 g/mol. The largest absolute Gasteiger partial charge is 0.475 e. The van der Waals surface area contributed by atoms with Crippen molar-refractivity contribution in [1.82, 2.24) is 4.98 Å². The summed E-state index contributed by atoms with van der Waals surface area (Å²) < 4.78 is 10.7. The molecule has 25 heavy (non-hydrogen) atoms. The second kappa shape index (κ2) is 6.23. The van der Waals surface area contributed by atoms with Gasteiger partial charge in [-0.1, -0.05) is 6.92 Å². The van der Waals surface area contributed by atoms with Crippen molar-refractivity contribution in [3.63, 3.8) is 0 Å². The fourth-order valence-corrected chi connectivity index (χ4v) is 2.44. The number of fused-ring (bicyclic) bond motifs is 1. The molecule has 2 aromatic rings. The van der Waals surface area contributed by atoms with Gasteiger partial charge in [0.15, 0.2) is 11.9 Å². The lowest BCUT2D eigenvalue weighted by Crippen LogP contribution is -2.45. The van der Waals surface area contributed by atoms with Gasteiger partial charge in [0.1, 0.15) is 5.76 Å². The van der Waals surface area contributed by atoms with E-state index in [9.17, 15) is 19.7 Å². The van der Waals surface area contributed by atoms with Crippen LogP contribution in [0.25, 0.3) is 0 Å². The molecular weight excluding hydrogens is 334 g/mol. The molecule has 1 unspecified atom stereocenters. The van der Waals surface area contributed by atoms with E-state index in [1.165, 1.54) is 29.2 Å². The Labute approximate surface area is 140 Å². The summed E-state index contributed by atoms with van der Waals surface area (Å²) in [5.74, 6) is -1.92. The summed E-state index contributed by atoms with van der Waals surface area (Å²) in [6, 6.07) is 5.26. The van der Waals surface area contributed by atoms with E-state index in [0.29, 0.717) is 6.42 Å². The van der Waals surface area contributed by atoms with Crippen LogP contribution in [-0.2, 0) is 11.3 Å². The van der Waals surface area contributed by atoms with Gasteiger partial charge in [-0.25, -0.2) is 4.79 Å². The van der Waals surface area contributed by atoms with Gasteiger partial charge < -0.3 is 24.4 Å². The number of hydrogen-bond acceptors (Lipinski definition) is 7. The molecular formula is C15H13N3O7. The van der Waals surface area contributed by atoms with Gasteiger partial charge in [0.25, 0.3) is 11.7 Å². The lowest BCUT2D eigenvalue weighted by atomic mass is 10.2. The molecule has 0 aliphatic carbocycles. The van der Waals surface area contributed by atoms with Crippen LogP contribution in [-0.4, -0.2) is 33.0 Å². The highest BCUT2D eigenvalue weighted by Gasteiger charge is 2.38. The predicted molar refractivity (Wildman–Crippen MR) is 82.5 cm³/mol. The van der Waals surface area contributed by atoms with E-state index in [1.54, 1.807) is 6.92 Å². The first kappa shape index (κ1) is 16.4. The van der Waals surface area contributed by atoms with Gasteiger partial charge in [0.2, 0.25) is 5.76 Å². The SMILES string of the molecule is CCC1Oc2ccc([N+](=O)[O-])nc2N(Cc2ccc(C(=O)O)o2)C1=O. The van der Waals surface area contributed by atoms with Gasteiger partial charge in [0.05, 0.1) is 6.54 Å². The lowest BCUT2D eigenvalue weighted by Gasteiger charge is -2.30. The van der Waals surface area contributed by atoms with Gasteiger partial charge in [-0.15, -0.1) is 0 Å². The van der Waals surface area contributed by atoms with E-state index in [2.05, 4.69) is 4.98 Å². The molecule has 0 bridgehead atoms. The Morgan fingerprint density at radius 3 is 2.76 bits per heavy atom. The maximum Gasteiger partial charge on any atom is 0.371 e. The van der Waals surface area contributed by atoms with Gasteiger partial charge in [0, 0.05) is 6.07 Å². The third kappa shape index (κ3) is 3.01. The first-order valence-corrected chi connectivity index (χ1v) is 7.36. The third-order valence-electron chi connectivity index (χ3n) is 3.64. The van der Waals surface area contributed by atoms with Crippen molar-refractivity contribution in [3.8, 4) is 5.75 Å². The van der Waals surface area contributed by atoms with Crippen molar-refractivity contribution in [2.24, 2.45) is 0 Å². The summed E-state index contributed by atoms with van der Waals surface area (Å²) in [5.41, 5.74) is 0. The summed E-state index contributed by atoms with van der Waals surface area (Å²) in [7, 11) is 0. The van der Waals surface area contributed by atoms with E-state index in [-0.39, 0.29) is 29.6 Å². The van der Waals surface area contributed by atoms with Crippen LogP contribution in [0.4, 0.5) is 11.6 Å². The van der Waals surface area contributed by atoms with Gasteiger partial charge in [-0.3, -0.25) is 9.69 Å². The Bertz CT molecular complexity index is 861. The Hall–Kier alpha value is -3.43. The molecule has 1 N–H and O–H groups in total. The Morgan fingerprint density at radius 1 is 1.40 bits per heavy atom. The molecule has 1 aliphatic heterocycles. The summed E-state index contributed by atoms with van der Waals surface area (Å²) >= 11 is 0. The minimum absolute atomic E-state index is 0.00262. The molecule has 2 aromatic heterocycles. The van der Waals surface area contributed by atoms with Crippen LogP contribution in [0.15, 0.2) is 28.7 Å². The molecule has 0 radical (unpaired) electrons. The average Bonchev–Trinajstić information content (AvgIpc) is 3.05. The Morgan fingerprint density at radius 2 is 2.16 bits per heavy atom. The van der Waals surface area contributed by atoms with E-state index in [4.69, 9.17) is 14.3 Å². The molecule has 0 saturated carbocycles. The zero-order chi connectivity index (χ0) is 18.1. The molecule has 0 saturated heterocycles. The van der Waals surface area contributed by atoms with E-state index in [0.717, 1.165) is 0 Å². The molecule has 3 heterocycles. The number of ether oxygens (including phenoxy) is 1. The molecule has 0 fully saturated rings.